The Labute approximate surface area is 110 Å². The number of rotatable bonds is 3. The van der Waals surface area contributed by atoms with Crippen molar-refractivity contribution in [1.82, 2.24) is 15.1 Å². The highest BCUT2D eigenvalue weighted by Gasteiger charge is 2.35. The van der Waals surface area contributed by atoms with Gasteiger partial charge in [0.15, 0.2) is 0 Å². The first-order valence-electron chi connectivity index (χ1n) is 6.62. The molecule has 2 fully saturated rings. The normalized spacial score (nSPS) is 30.1. The summed E-state index contributed by atoms with van der Waals surface area (Å²) >= 11 is 0. The van der Waals surface area contributed by atoms with Gasteiger partial charge < -0.3 is 10.2 Å². The van der Waals surface area contributed by atoms with Crippen molar-refractivity contribution in [2.24, 2.45) is 0 Å². The zero-order valence-corrected chi connectivity index (χ0v) is 11.0. The predicted octanol–water partition coefficient (Wildman–Crippen LogP) is 0.833. The molecule has 2 atom stereocenters. The molecule has 0 aliphatic carbocycles. The third-order valence-corrected chi connectivity index (χ3v) is 3.77. The number of alkyl halides is 3. The van der Waals surface area contributed by atoms with Crippen LogP contribution in [0, 0.1) is 0 Å². The van der Waals surface area contributed by atoms with Gasteiger partial charge in [0.05, 0.1) is 6.54 Å². The first kappa shape index (κ1) is 14.6. The molecule has 0 radical (unpaired) electrons. The van der Waals surface area contributed by atoms with Gasteiger partial charge in [-0.3, -0.25) is 9.69 Å². The van der Waals surface area contributed by atoms with Gasteiger partial charge in [0.25, 0.3) is 0 Å². The highest BCUT2D eigenvalue weighted by atomic mass is 19.4. The molecule has 2 rings (SSSR count). The number of hydrogen-bond acceptors (Lipinski definition) is 3. The molecule has 0 unspecified atom stereocenters. The van der Waals surface area contributed by atoms with E-state index in [4.69, 9.17) is 0 Å². The third kappa shape index (κ3) is 4.35. The molecular formula is C12H20F3N3O. The number of carbonyl (C=O) groups is 1. The standard InChI is InChI=1S/C12H20F3N3O/c1-17-6-9(2-3-11(17)19)16-10-4-5-18(7-10)8-12(13,14)15/h9-10,16H,2-8H2,1H3/t9-,10-/m0/s1. The van der Waals surface area contributed by atoms with E-state index < -0.39 is 12.7 Å². The summed E-state index contributed by atoms with van der Waals surface area (Å²) in [5.74, 6) is 0.142. The third-order valence-electron chi connectivity index (χ3n) is 3.77. The Kier molecular flexibility index (Phi) is 4.35. The van der Waals surface area contributed by atoms with E-state index in [1.807, 2.05) is 0 Å². The molecule has 2 saturated heterocycles. The molecule has 2 aliphatic heterocycles. The van der Waals surface area contributed by atoms with Crippen LogP contribution < -0.4 is 5.32 Å². The highest BCUT2D eigenvalue weighted by Crippen LogP contribution is 2.20. The summed E-state index contributed by atoms with van der Waals surface area (Å²) in [5, 5.41) is 3.38. The fourth-order valence-corrected chi connectivity index (χ4v) is 2.85. The fourth-order valence-electron chi connectivity index (χ4n) is 2.85. The second-order valence-corrected chi connectivity index (χ2v) is 5.51. The molecule has 0 aromatic rings. The lowest BCUT2D eigenvalue weighted by Gasteiger charge is -2.32. The summed E-state index contributed by atoms with van der Waals surface area (Å²) in [4.78, 5) is 14.5. The van der Waals surface area contributed by atoms with Gasteiger partial charge >= 0.3 is 6.18 Å². The molecule has 0 spiro atoms. The quantitative estimate of drug-likeness (QED) is 0.831. The number of nitrogens with one attached hydrogen (secondary N) is 1. The Hall–Kier alpha value is -0.820. The van der Waals surface area contributed by atoms with Crippen molar-refractivity contribution >= 4 is 5.91 Å². The van der Waals surface area contributed by atoms with Gasteiger partial charge in [0, 0.05) is 45.2 Å². The molecular weight excluding hydrogens is 259 g/mol. The van der Waals surface area contributed by atoms with Crippen LogP contribution >= 0.6 is 0 Å². The minimum atomic E-state index is -4.12. The minimum Gasteiger partial charge on any atom is -0.344 e. The lowest BCUT2D eigenvalue weighted by atomic mass is 10.0. The fraction of sp³-hybridized carbons (Fsp3) is 0.917. The average molecular weight is 279 g/mol. The maximum absolute atomic E-state index is 12.3. The first-order valence-corrected chi connectivity index (χ1v) is 6.62. The lowest BCUT2D eigenvalue weighted by molar-refractivity contribution is -0.143. The smallest absolute Gasteiger partial charge is 0.344 e. The molecule has 0 saturated carbocycles. The number of amides is 1. The van der Waals surface area contributed by atoms with E-state index in [2.05, 4.69) is 5.32 Å². The van der Waals surface area contributed by atoms with E-state index in [0.29, 0.717) is 26.1 Å². The SMILES string of the molecule is CN1C[C@@H](N[C@H]2CCN(CC(F)(F)F)C2)CCC1=O. The summed E-state index contributed by atoms with van der Waals surface area (Å²) < 4.78 is 36.8. The van der Waals surface area contributed by atoms with E-state index in [1.54, 1.807) is 11.9 Å². The monoisotopic (exact) mass is 279 g/mol. The van der Waals surface area contributed by atoms with E-state index >= 15 is 0 Å². The number of likely N-dealkylation sites (tertiary alicyclic amines) is 2. The number of piperidine rings is 1. The summed E-state index contributed by atoms with van der Waals surface area (Å²) in [6.45, 7) is 0.745. The van der Waals surface area contributed by atoms with Gasteiger partial charge in [0.1, 0.15) is 0 Å². The Morgan fingerprint density at radius 2 is 1.95 bits per heavy atom. The number of hydrogen-bond donors (Lipinski definition) is 1. The van der Waals surface area contributed by atoms with Crippen molar-refractivity contribution in [3.63, 3.8) is 0 Å². The molecule has 0 aromatic carbocycles. The largest absolute Gasteiger partial charge is 0.401 e. The molecule has 110 valence electrons. The van der Waals surface area contributed by atoms with Crippen LogP contribution in [0.1, 0.15) is 19.3 Å². The number of likely N-dealkylation sites (N-methyl/N-ethyl adjacent to an activating group) is 1. The van der Waals surface area contributed by atoms with Crippen LogP contribution in [0.5, 0.6) is 0 Å². The van der Waals surface area contributed by atoms with Gasteiger partial charge in [-0.15, -0.1) is 0 Å². The topological polar surface area (TPSA) is 35.6 Å². The van der Waals surface area contributed by atoms with Crippen LogP contribution in [0.2, 0.25) is 0 Å². The summed E-state index contributed by atoms with van der Waals surface area (Å²) in [5.41, 5.74) is 0. The van der Waals surface area contributed by atoms with Crippen LogP contribution in [-0.4, -0.2) is 67.2 Å². The average Bonchev–Trinajstić information content (AvgIpc) is 2.68. The summed E-state index contributed by atoms with van der Waals surface area (Å²) in [6, 6.07) is 0.312. The highest BCUT2D eigenvalue weighted by molar-refractivity contribution is 5.76. The predicted molar refractivity (Wildman–Crippen MR) is 64.7 cm³/mol. The number of halogens is 3. The van der Waals surface area contributed by atoms with Crippen LogP contribution in [0.4, 0.5) is 13.2 Å². The van der Waals surface area contributed by atoms with Gasteiger partial charge in [-0.2, -0.15) is 13.2 Å². The lowest BCUT2D eigenvalue weighted by Crippen LogP contribution is -2.50. The Morgan fingerprint density at radius 1 is 1.26 bits per heavy atom. The van der Waals surface area contributed by atoms with Crippen molar-refractivity contribution in [3.8, 4) is 0 Å². The Morgan fingerprint density at radius 3 is 2.58 bits per heavy atom. The molecule has 1 amide bonds. The maximum Gasteiger partial charge on any atom is 0.401 e. The molecule has 0 aromatic heterocycles. The van der Waals surface area contributed by atoms with E-state index in [0.717, 1.165) is 12.8 Å². The minimum absolute atomic E-state index is 0.106. The van der Waals surface area contributed by atoms with E-state index in [9.17, 15) is 18.0 Å². The van der Waals surface area contributed by atoms with E-state index in [-0.39, 0.29) is 18.0 Å². The van der Waals surface area contributed by atoms with Gasteiger partial charge in [-0.1, -0.05) is 0 Å². The zero-order valence-electron chi connectivity index (χ0n) is 11.0. The Bertz CT molecular complexity index is 335. The van der Waals surface area contributed by atoms with Crippen LogP contribution in [-0.2, 0) is 4.79 Å². The molecule has 4 nitrogen and oxygen atoms in total. The number of carbonyl (C=O) groups excluding carboxylic acids is 1. The van der Waals surface area contributed by atoms with Crippen molar-refractivity contribution in [2.45, 2.75) is 37.5 Å². The molecule has 19 heavy (non-hydrogen) atoms. The zero-order chi connectivity index (χ0) is 14.0. The van der Waals surface area contributed by atoms with Crippen LogP contribution in [0.25, 0.3) is 0 Å². The summed E-state index contributed by atoms with van der Waals surface area (Å²) in [6.07, 6.45) is -2.08. The maximum atomic E-state index is 12.3. The van der Waals surface area contributed by atoms with Crippen LogP contribution in [0.3, 0.4) is 0 Å². The van der Waals surface area contributed by atoms with Gasteiger partial charge in [-0.05, 0) is 12.8 Å². The van der Waals surface area contributed by atoms with Crippen molar-refractivity contribution < 1.29 is 18.0 Å². The number of nitrogens with zero attached hydrogens (tertiary/aromatic N) is 2. The van der Waals surface area contributed by atoms with Crippen LogP contribution in [0.15, 0.2) is 0 Å². The molecule has 0 bridgehead atoms. The van der Waals surface area contributed by atoms with E-state index in [1.165, 1.54) is 4.90 Å². The molecule has 2 heterocycles. The second-order valence-electron chi connectivity index (χ2n) is 5.51. The van der Waals surface area contributed by atoms with Crippen molar-refractivity contribution in [2.75, 3.05) is 33.2 Å². The molecule has 7 heteroatoms. The molecule has 1 N–H and O–H groups in total. The molecule has 2 aliphatic rings. The second kappa shape index (κ2) is 5.66. The van der Waals surface area contributed by atoms with Crippen molar-refractivity contribution in [1.29, 1.82) is 0 Å². The Balaban J connectivity index is 1.75. The van der Waals surface area contributed by atoms with Gasteiger partial charge in [0.2, 0.25) is 5.91 Å². The first-order chi connectivity index (χ1) is 8.83. The van der Waals surface area contributed by atoms with Gasteiger partial charge in [-0.25, -0.2) is 0 Å². The van der Waals surface area contributed by atoms with Crippen molar-refractivity contribution in [3.05, 3.63) is 0 Å². The summed E-state index contributed by atoms with van der Waals surface area (Å²) in [7, 11) is 1.76.